The first-order chi connectivity index (χ1) is 20.5. The van der Waals surface area contributed by atoms with Gasteiger partial charge in [-0.3, -0.25) is 14.5 Å². The smallest absolute Gasteiger partial charge is 0.399 e. The third-order valence-corrected chi connectivity index (χ3v) is 7.20. The lowest BCUT2D eigenvalue weighted by Crippen LogP contribution is -2.40. The van der Waals surface area contributed by atoms with Crippen molar-refractivity contribution in [1.82, 2.24) is 15.1 Å². The van der Waals surface area contributed by atoms with Crippen molar-refractivity contribution in [2.24, 2.45) is 10.7 Å². The van der Waals surface area contributed by atoms with Gasteiger partial charge in [0.1, 0.15) is 29.7 Å². The van der Waals surface area contributed by atoms with Crippen LogP contribution in [0.4, 0.5) is 35.1 Å². The fourth-order valence-corrected chi connectivity index (χ4v) is 5.29. The molecule has 6 nitrogen and oxygen atoms in total. The normalized spacial score (nSPS) is 15.7. The number of nitrogens with one attached hydrogen (secondary N) is 1. The minimum atomic E-state index is -5.04. The lowest BCUT2D eigenvalue weighted by atomic mass is 9.92. The van der Waals surface area contributed by atoms with Crippen LogP contribution in [-0.2, 0) is 36.3 Å². The first kappa shape index (κ1) is 32.4. The Morgan fingerprint density at radius 1 is 1.16 bits per heavy atom. The second-order valence-corrected chi connectivity index (χ2v) is 10.4. The molecule has 1 heterocycles. The van der Waals surface area contributed by atoms with Crippen LogP contribution < -0.4 is 11.1 Å². The molecule has 0 unspecified atom stereocenters. The molecule has 0 fully saturated rings. The first-order valence-corrected chi connectivity index (χ1v) is 13.2. The molecule has 1 aliphatic carbocycles. The maximum atomic E-state index is 14.8. The van der Waals surface area contributed by atoms with Crippen LogP contribution in [0.15, 0.2) is 53.7 Å². The van der Waals surface area contributed by atoms with E-state index in [0.29, 0.717) is 21.9 Å². The highest BCUT2D eigenvalue weighted by Crippen LogP contribution is 2.44. The van der Waals surface area contributed by atoms with Gasteiger partial charge in [-0.2, -0.15) is 27.1 Å². The molecule has 44 heavy (non-hydrogen) atoms. The van der Waals surface area contributed by atoms with Crippen LogP contribution in [0.25, 0.3) is 11.3 Å². The van der Waals surface area contributed by atoms with Crippen LogP contribution >= 0.6 is 0 Å². The Kier molecular flexibility index (Phi) is 9.03. The second-order valence-electron chi connectivity index (χ2n) is 10.4. The van der Waals surface area contributed by atoms with Gasteiger partial charge in [0.15, 0.2) is 5.69 Å². The number of nitrogens with zero attached hydrogens (tertiary/aromatic N) is 3. The second kappa shape index (κ2) is 12.2. The highest BCUT2D eigenvalue weighted by Gasteiger charge is 2.48. The molecular weight excluding hydrogens is 598 g/mol. The molecule has 0 radical (unpaired) electrons. The summed E-state index contributed by atoms with van der Waals surface area (Å²) in [4.78, 5) is 17.2. The molecule has 14 heteroatoms. The minimum absolute atomic E-state index is 0.0251. The Hall–Kier alpha value is -4.49. The van der Waals surface area contributed by atoms with Crippen molar-refractivity contribution in [1.29, 1.82) is 0 Å². The van der Waals surface area contributed by atoms with Crippen molar-refractivity contribution >= 4 is 23.9 Å². The summed E-state index contributed by atoms with van der Waals surface area (Å²) < 4.78 is 113. The van der Waals surface area contributed by atoms with E-state index in [1.807, 2.05) is 0 Å². The largest absolute Gasteiger partial charge is 0.435 e. The fraction of sp³-hybridized carbons (Fsp3) is 0.300. The molecule has 0 bridgehead atoms. The molecule has 234 valence electrons. The third kappa shape index (κ3) is 6.84. The zero-order valence-corrected chi connectivity index (χ0v) is 23.3. The van der Waals surface area contributed by atoms with Gasteiger partial charge < -0.3 is 11.1 Å². The zero-order chi connectivity index (χ0) is 32.6. The van der Waals surface area contributed by atoms with E-state index in [-0.39, 0.29) is 41.8 Å². The van der Waals surface area contributed by atoms with Gasteiger partial charge in [-0.1, -0.05) is 12.6 Å². The molecule has 2 aromatic carbocycles. The zero-order valence-electron chi connectivity index (χ0n) is 23.3. The van der Waals surface area contributed by atoms with Crippen LogP contribution in [0.2, 0.25) is 0 Å². The van der Waals surface area contributed by atoms with E-state index < -0.39 is 71.4 Å². The number of amides is 1. The van der Waals surface area contributed by atoms with E-state index in [0.717, 1.165) is 18.2 Å². The minimum Gasteiger partial charge on any atom is -0.399 e. The number of carbonyl (C=O) groups is 1. The Labute approximate surface area is 247 Å². The highest BCUT2D eigenvalue weighted by atomic mass is 19.4. The van der Waals surface area contributed by atoms with E-state index in [2.05, 4.69) is 28.7 Å². The van der Waals surface area contributed by atoms with Gasteiger partial charge in [0.05, 0.1) is 11.7 Å². The molecule has 3 N–H and O–H groups in total. The van der Waals surface area contributed by atoms with Gasteiger partial charge in [-0.05, 0) is 73.9 Å². The Bertz CT molecular complexity index is 1640. The summed E-state index contributed by atoms with van der Waals surface area (Å²) in [5.74, 6) is -7.22. The standard InChI is InChI=1S/C30H27F8N5O/c1-15(18-6-7-23(33)22(12-18)16(2)39)26(40-3)24(11-17-9-19(31)13-20(32)10-17)41-25(44)14-43-28-21(5-4-8-29(28,34)35)27(42-43)30(36,37)38/h6-7,9-10,12-13,24H,2-5,8,11,14,39H2,1H3,(H,41,44)/b26-15+/t24-/m0/s1. The number of rotatable bonds is 9. The topological polar surface area (TPSA) is 85.3 Å². The van der Waals surface area contributed by atoms with Crippen LogP contribution in [0.3, 0.4) is 0 Å². The van der Waals surface area contributed by atoms with Crippen molar-refractivity contribution in [3.63, 3.8) is 0 Å². The molecular formula is C30H27F8N5O. The molecule has 0 saturated carbocycles. The number of carbonyl (C=O) groups excluding carboxylic acids is 1. The average molecular weight is 626 g/mol. The average Bonchev–Trinajstić information content (AvgIpc) is 3.28. The molecule has 0 aliphatic heterocycles. The summed E-state index contributed by atoms with van der Waals surface area (Å²) in [5.41, 5.74) is 3.16. The van der Waals surface area contributed by atoms with E-state index in [1.165, 1.54) is 19.1 Å². The van der Waals surface area contributed by atoms with Crippen LogP contribution in [0.1, 0.15) is 53.4 Å². The molecule has 0 spiro atoms. The quantitative estimate of drug-likeness (QED) is 0.209. The van der Waals surface area contributed by atoms with E-state index >= 15 is 0 Å². The number of fused-ring (bicyclic) bond motifs is 1. The lowest BCUT2D eigenvalue weighted by molar-refractivity contribution is -0.142. The predicted molar refractivity (Wildman–Crippen MR) is 148 cm³/mol. The summed E-state index contributed by atoms with van der Waals surface area (Å²) in [6.45, 7) is 7.54. The summed E-state index contributed by atoms with van der Waals surface area (Å²) >= 11 is 0. The molecule has 4 rings (SSSR count). The Morgan fingerprint density at radius 2 is 1.82 bits per heavy atom. The molecule has 1 amide bonds. The van der Waals surface area contributed by atoms with Gasteiger partial charge in [0.2, 0.25) is 5.91 Å². The van der Waals surface area contributed by atoms with Gasteiger partial charge >= 0.3 is 6.18 Å². The Morgan fingerprint density at radius 3 is 2.41 bits per heavy atom. The van der Waals surface area contributed by atoms with E-state index in [4.69, 9.17) is 5.73 Å². The first-order valence-electron chi connectivity index (χ1n) is 13.2. The van der Waals surface area contributed by atoms with Gasteiger partial charge in [0, 0.05) is 29.3 Å². The number of halogens is 8. The number of allylic oxidation sites excluding steroid dienone is 1. The third-order valence-electron chi connectivity index (χ3n) is 7.20. The highest BCUT2D eigenvalue weighted by molar-refractivity contribution is 5.78. The van der Waals surface area contributed by atoms with Crippen LogP contribution in [0.5, 0.6) is 0 Å². The maximum Gasteiger partial charge on any atom is 0.435 e. The molecule has 1 aromatic heterocycles. The summed E-state index contributed by atoms with van der Waals surface area (Å²) in [6.07, 6.45) is -6.55. The van der Waals surface area contributed by atoms with Gasteiger partial charge in [0.25, 0.3) is 5.92 Å². The molecule has 3 aromatic rings. The molecule has 0 saturated heterocycles. The molecule has 1 atom stereocenters. The van der Waals surface area contributed by atoms with Crippen molar-refractivity contribution < 1.29 is 39.9 Å². The maximum absolute atomic E-state index is 14.8. The van der Waals surface area contributed by atoms with E-state index in [9.17, 15) is 39.9 Å². The van der Waals surface area contributed by atoms with Gasteiger partial charge in [-0.25, -0.2) is 13.2 Å². The molecule has 1 aliphatic rings. The summed E-state index contributed by atoms with van der Waals surface area (Å²) in [7, 11) is 0. The number of aromatic nitrogens is 2. The number of benzene rings is 2. The van der Waals surface area contributed by atoms with Gasteiger partial charge in [-0.15, -0.1) is 0 Å². The van der Waals surface area contributed by atoms with E-state index in [1.54, 1.807) is 0 Å². The number of aliphatic imine (C=N–C) groups is 1. The predicted octanol–water partition coefficient (Wildman–Crippen LogP) is 6.54. The number of hydrogen-bond acceptors (Lipinski definition) is 4. The number of alkyl halides is 5. The van der Waals surface area contributed by atoms with Crippen molar-refractivity contribution in [3.05, 3.63) is 99.8 Å². The Balaban J connectivity index is 1.76. The van der Waals surface area contributed by atoms with Crippen molar-refractivity contribution in [2.45, 2.75) is 57.3 Å². The summed E-state index contributed by atoms with van der Waals surface area (Å²) in [6, 6.07) is 5.23. The lowest BCUT2D eigenvalue weighted by Gasteiger charge is -2.25. The van der Waals surface area contributed by atoms with Crippen molar-refractivity contribution in [2.75, 3.05) is 0 Å². The number of hydrogen-bond donors (Lipinski definition) is 2. The summed E-state index contributed by atoms with van der Waals surface area (Å²) in [5, 5.41) is 5.85. The van der Waals surface area contributed by atoms with Crippen LogP contribution in [-0.4, -0.2) is 28.4 Å². The SMILES string of the molecule is C=N/C(=C(\C)c1ccc(F)c(C(=C)N)c1)[C@H](Cc1cc(F)cc(F)c1)NC(=O)Cn1nc(C(F)(F)F)c2c1C(F)(F)CCC2. The monoisotopic (exact) mass is 625 g/mol. The fourth-order valence-electron chi connectivity index (χ4n) is 5.29. The number of nitrogens with two attached hydrogens (primary N) is 1. The van der Waals surface area contributed by atoms with Crippen molar-refractivity contribution in [3.8, 4) is 0 Å². The van der Waals surface area contributed by atoms with Crippen LogP contribution in [0, 0.1) is 17.5 Å².